The molecule has 0 bridgehead atoms. The number of nitrogens with one attached hydrogen (secondary N) is 1. The van der Waals surface area contributed by atoms with Crippen LogP contribution in [0.3, 0.4) is 0 Å². The fourth-order valence-corrected chi connectivity index (χ4v) is 2.74. The standard InChI is InChI=1S/C14H21N3O2/c1-11-9-14(16-10-13(11)17(18)19)15-8-4-7-12-5-2-3-6-12/h9-10,12H,2-8H2,1H3,(H,15,16). The van der Waals surface area contributed by atoms with Crippen LogP contribution >= 0.6 is 0 Å². The van der Waals surface area contributed by atoms with Crippen LogP contribution in [-0.2, 0) is 0 Å². The van der Waals surface area contributed by atoms with Crippen LogP contribution in [0.15, 0.2) is 12.3 Å². The molecule has 0 atom stereocenters. The maximum absolute atomic E-state index is 10.7. The van der Waals surface area contributed by atoms with Crippen molar-refractivity contribution in [3.8, 4) is 0 Å². The molecule has 0 amide bonds. The van der Waals surface area contributed by atoms with E-state index in [0.29, 0.717) is 5.56 Å². The van der Waals surface area contributed by atoms with Crippen molar-refractivity contribution in [2.24, 2.45) is 5.92 Å². The number of aromatic nitrogens is 1. The Morgan fingerprint density at radius 3 is 2.84 bits per heavy atom. The van der Waals surface area contributed by atoms with E-state index in [1.54, 1.807) is 13.0 Å². The molecule has 0 aromatic carbocycles. The zero-order valence-electron chi connectivity index (χ0n) is 11.4. The molecule has 19 heavy (non-hydrogen) atoms. The quantitative estimate of drug-likeness (QED) is 0.483. The Balaban J connectivity index is 1.76. The predicted octanol–water partition coefficient (Wildman–Crippen LogP) is 3.68. The second kappa shape index (κ2) is 6.50. The number of anilines is 1. The first kappa shape index (κ1) is 13.8. The highest BCUT2D eigenvalue weighted by Crippen LogP contribution is 2.28. The maximum Gasteiger partial charge on any atom is 0.290 e. The third-order valence-electron chi connectivity index (χ3n) is 3.85. The normalized spacial score (nSPS) is 15.6. The monoisotopic (exact) mass is 263 g/mol. The van der Waals surface area contributed by atoms with Gasteiger partial charge in [-0.15, -0.1) is 0 Å². The number of hydrogen-bond donors (Lipinski definition) is 1. The van der Waals surface area contributed by atoms with E-state index >= 15 is 0 Å². The molecule has 1 aliphatic rings. The van der Waals surface area contributed by atoms with Crippen molar-refractivity contribution in [3.63, 3.8) is 0 Å². The van der Waals surface area contributed by atoms with Gasteiger partial charge in [0, 0.05) is 12.1 Å². The first-order valence-corrected chi connectivity index (χ1v) is 7.01. The zero-order valence-corrected chi connectivity index (χ0v) is 11.4. The Bertz CT molecular complexity index is 442. The van der Waals surface area contributed by atoms with Gasteiger partial charge >= 0.3 is 0 Å². The lowest BCUT2D eigenvalue weighted by Gasteiger charge is -2.10. The van der Waals surface area contributed by atoms with E-state index < -0.39 is 4.92 Å². The SMILES string of the molecule is Cc1cc(NCCCC2CCCC2)ncc1[N+](=O)[O-]. The van der Waals surface area contributed by atoms with E-state index in [4.69, 9.17) is 0 Å². The van der Waals surface area contributed by atoms with E-state index in [2.05, 4.69) is 10.3 Å². The number of hydrogen-bond acceptors (Lipinski definition) is 4. The lowest BCUT2D eigenvalue weighted by atomic mass is 10.0. The highest BCUT2D eigenvalue weighted by molar-refractivity contribution is 5.46. The summed E-state index contributed by atoms with van der Waals surface area (Å²) in [7, 11) is 0. The molecule has 0 saturated heterocycles. The van der Waals surface area contributed by atoms with Crippen molar-refractivity contribution in [2.45, 2.75) is 45.4 Å². The molecule has 1 aliphatic carbocycles. The summed E-state index contributed by atoms with van der Waals surface area (Å²) in [5.74, 6) is 1.64. The molecule has 1 saturated carbocycles. The summed E-state index contributed by atoms with van der Waals surface area (Å²) < 4.78 is 0. The Morgan fingerprint density at radius 1 is 1.47 bits per heavy atom. The molecule has 1 aromatic rings. The molecular formula is C14H21N3O2. The van der Waals surface area contributed by atoms with Gasteiger partial charge in [0.25, 0.3) is 5.69 Å². The van der Waals surface area contributed by atoms with Crippen LogP contribution in [0.1, 0.15) is 44.1 Å². The Morgan fingerprint density at radius 2 is 2.21 bits per heavy atom. The Hall–Kier alpha value is -1.65. The van der Waals surface area contributed by atoms with Gasteiger partial charge in [0.15, 0.2) is 0 Å². The smallest absolute Gasteiger partial charge is 0.290 e. The third-order valence-corrected chi connectivity index (χ3v) is 3.85. The van der Waals surface area contributed by atoms with E-state index in [9.17, 15) is 10.1 Å². The van der Waals surface area contributed by atoms with Gasteiger partial charge < -0.3 is 5.32 Å². The largest absolute Gasteiger partial charge is 0.370 e. The number of rotatable bonds is 6. The maximum atomic E-state index is 10.7. The second-order valence-electron chi connectivity index (χ2n) is 5.33. The lowest BCUT2D eigenvalue weighted by Crippen LogP contribution is -2.06. The van der Waals surface area contributed by atoms with Gasteiger partial charge in [-0.05, 0) is 31.7 Å². The van der Waals surface area contributed by atoms with Gasteiger partial charge in [0.1, 0.15) is 12.0 Å². The number of aryl methyl sites for hydroxylation is 1. The summed E-state index contributed by atoms with van der Waals surface area (Å²) in [5.41, 5.74) is 0.731. The zero-order chi connectivity index (χ0) is 13.7. The molecule has 1 N–H and O–H groups in total. The van der Waals surface area contributed by atoms with Gasteiger partial charge in [0.05, 0.1) is 4.92 Å². The fraction of sp³-hybridized carbons (Fsp3) is 0.643. The van der Waals surface area contributed by atoms with Gasteiger partial charge in [0.2, 0.25) is 0 Å². The second-order valence-corrected chi connectivity index (χ2v) is 5.33. The number of pyridine rings is 1. The molecule has 0 spiro atoms. The molecule has 1 heterocycles. The lowest BCUT2D eigenvalue weighted by molar-refractivity contribution is -0.385. The minimum atomic E-state index is -0.397. The van der Waals surface area contributed by atoms with Crippen LogP contribution in [-0.4, -0.2) is 16.5 Å². The van der Waals surface area contributed by atoms with E-state index in [-0.39, 0.29) is 5.69 Å². The molecule has 2 rings (SSSR count). The molecule has 0 aliphatic heterocycles. The summed E-state index contributed by atoms with van der Waals surface area (Å²) in [4.78, 5) is 14.4. The van der Waals surface area contributed by atoms with Crippen LogP contribution in [0, 0.1) is 23.0 Å². The van der Waals surface area contributed by atoms with Crippen molar-refractivity contribution >= 4 is 11.5 Å². The molecule has 5 nitrogen and oxygen atoms in total. The van der Waals surface area contributed by atoms with Crippen LogP contribution in [0.4, 0.5) is 11.5 Å². The average Bonchev–Trinajstić information content (AvgIpc) is 2.87. The Labute approximate surface area is 113 Å². The molecule has 104 valence electrons. The fourth-order valence-electron chi connectivity index (χ4n) is 2.74. The van der Waals surface area contributed by atoms with Crippen LogP contribution < -0.4 is 5.32 Å². The molecule has 5 heteroatoms. The minimum absolute atomic E-state index is 0.0801. The van der Waals surface area contributed by atoms with E-state index in [1.807, 2.05) is 0 Å². The van der Waals surface area contributed by atoms with Crippen molar-refractivity contribution in [3.05, 3.63) is 27.9 Å². The van der Waals surface area contributed by atoms with Gasteiger partial charge in [-0.3, -0.25) is 10.1 Å². The first-order valence-electron chi connectivity index (χ1n) is 7.01. The highest BCUT2D eigenvalue weighted by atomic mass is 16.6. The summed E-state index contributed by atoms with van der Waals surface area (Å²) in [5, 5.41) is 13.9. The summed E-state index contributed by atoms with van der Waals surface area (Å²) in [6.45, 7) is 2.63. The summed E-state index contributed by atoms with van der Waals surface area (Å²) in [6.07, 6.45) is 9.29. The molecular weight excluding hydrogens is 242 g/mol. The molecule has 1 aromatic heterocycles. The summed E-state index contributed by atoms with van der Waals surface area (Å²) in [6, 6.07) is 1.74. The van der Waals surface area contributed by atoms with Crippen LogP contribution in [0.5, 0.6) is 0 Å². The highest BCUT2D eigenvalue weighted by Gasteiger charge is 2.14. The number of nitrogens with zero attached hydrogens (tertiary/aromatic N) is 2. The molecule has 0 radical (unpaired) electrons. The van der Waals surface area contributed by atoms with Crippen molar-refractivity contribution in [2.75, 3.05) is 11.9 Å². The van der Waals surface area contributed by atoms with Crippen LogP contribution in [0.2, 0.25) is 0 Å². The van der Waals surface area contributed by atoms with Gasteiger partial charge in [-0.1, -0.05) is 25.7 Å². The Kier molecular flexibility index (Phi) is 4.71. The molecule has 0 unspecified atom stereocenters. The van der Waals surface area contributed by atoms with Crippen LogP contribution in [0.25, 0.3) is 0 Å². The topological polar surface area (TPSA) is 68.1 Å². The average molecular weight is 263 g/mol. The van der Waals surface area contributed by atoms with Gasteiger partial charge in [-0.25, -0.2) is 4.98 Å². The number of nitro groups is 1. The van der Waals surface area contributed by atoms with Crippen molar-refractivity contribution < 1.29 is 4.92 Å². The van der Waals surface area contributed by atoms with Gasteiger partial charge in [-0.2, -0.15) is 0 Å². The first-order chi connectivity index (χ1) is 9.16. The van der Waals surface area contributed by atoms with E-state index in [0.717, 1.165) is 24.7 Å². The predicted molar refractivity (Wildman–Crippen MR) is 75.3 cm³/mol. The third kappa shape index (κ3) is 3.91. The minimum Gasteiger partial charge on any atom is -0.370 e. The summed E-state index contributed by atoms with van der Waals surface area (Å²) >= 11 is 0. The van der Waals surface area contributed by atoms with E-state index in [1.165, 1.54) is 38.3 Å². The molecule has 1 fully saturated rings. The van der Waals surface area contributed by atoms with Crippen molar-refractivity contribution in [1.29, 1.82) is 0 Å². The van der Waals surface area contributed by atoms with Crippen molar-refractivity contribution in [1.82, 2.24) is 4.98 Å².